The van der Waals surface area contributed by atoms with Gasteiger partial charge in [0.1, 0.15) is 0 Å². The van der Waals surface area contributed by atoms with Gasteiger partial charge >= 0.3 is 11.9 Å². The van der Waals surface area contributed by atoms with Gasteiger partial charge in [-0.25, -0.2) is 0 Å². The summed E-state index contributed by atoms with van der Waals surface area (Å²) >= 11 is 3.55. The van der Waals surface area contributed by atoms with Crippen molar-refractivity contribution in [3.8, 4) is 0 Å². The Morgan fingerprint density at radius 2 is 0.429 bits per heavy atom. The highest BCUT2D eigenvalue weighted by Gasteiger charge is 2.21. The Morgan fingerprint density at radius 1 is 0.238 bits per heavy atom. The highest BCUT2D eigenvalue weighted by molar-refractivity contribution is 9.08. The van der Waals surface area contributed by atoms with E-state index in [0.717, 1.165) is 74.7 Å². The van der Waals surface area contributed by atoms with E-state index in [1.807, 2.05) is 97.1 Å². The summed E-state index contributed by atoms with van der Waals surface area (Å²) in [6.07, 6.45) is 2.58. The number of nitrogens with zero attached hydrogens (tertiary/aromatic N) is 2. The molecule has 0 bridgehead atoms. The minimum absolute atomic E-state index is 0.0798. The zero-order chi connectivity index (χ0) is 73.6. The van der Waals surface area contributed by atoms with Crippen molar-refractivity contribution in [1.82, 2.24) is 9.80 Å². The molecule has 0 spiro atoms. The van der Waals surface area contributed by atoms with E-state index in [1.54, 1.807) is 0 Å². The topological polar surface area (TPSA) is 162 Å². The lowest BCUT2D eigenvalue weighted by molar-refractivity contribution is -0.142. The van der Waals surface area contributed by atoms with Gasteiger partial charge in [0, 0.05) is 44.7 Å². The molecule has 0 saturated heterocycles. The first kappa shape index (κ1) is 78.2. The summed E-state index contributed by atoms with van der Waals surface area (Å²) in [5, 5.41) is 54.3. The van der Waals surface area contributed by atoms with Crippen LogP contribution in [-0.2, 0) is 28.0 Å². The fraction of sp³-hybridized carbons (Fsp3) is 0.149. The molecule has 0 radical (unpaired) electrons. The summed E-state index contributed by atoms with van der Waals surface area (Å²) in [5.41, 5.74) is 24.2. The van der Waals surface area contributed by atoms with Crippen molar-refractivity contribution >= 4 is 61.3 Å². The molecule has 0 aliphatic carbocycles. The van der Waals surface area contributed by atoms with Crippen LogP contribution in [0.15, 0.2) is 346 Å². The number of unbranched alkanes of at least 4 members (excludes halogenated alkanes) is 2. The van der Waals surface area contributed by atoms with E-state index in [1.165, 1.54) is 71.7 Å². The Kier molecular flexibility index (Phi) is 32.2. The molecule has 0 unspecified atom stereocenters. The van der Waals surface area contributed by atoms with Gasteiger partial charge in [0.15, 0.2) is 0 Å². The average molecular weight is 1460 g/mol. The minimum Gasteiger partial charge on any atom is -0.480 e. The van der Waals surface area contributed by atoms with Crippen LogP contribution in [0.1, 0.15) is 103 Å². The number of carboxylic acids is 2. The quantitative estimate of drug-likeness (QED) is 0.0151. The third kappa shape index (κ3) is 24.1. The smallest absolute Gasteiger partial charge is 0.317 e. The van der Waals surface area contributed by atoms with Crippen molar-refractivity contribution in [2.24, 2.45) is 0 Å². The predicted molar refractivity (Wildman–Crippen MR) is 433 cm³/mol. The highest BCUT2D eigenvalue weighted by atomic mass is 79.9. The summed E-state index contributed by atoms with van der Waals surface area (Å²) in [6, 6.07) is 120. The summed E-state index contributed by atoms with van der Waals surface area (Å²) in [6.45, 7) is 1.99. The molecule has 0 aromatic heterocycles. The van der Waals surface area contributed by atoms with Gasteiger partial charge in [-0.05, 0) is 136 Å². The first-order chi connectivity index (χ1) is 51.6. The Labute approximate surface area is 627 Å². The molecule has 11 heteroatoms. The van der Waals surface area contributed by atoms with Crippen LogP contribution in [0.5, 0.6) is 0 Å². The summed E-state index contributed by atoms with van der Waals surface area (Å²) in [4.78, 5) is 25.8. The van der Waals surface area contributed by atoms with E-state index in [9.17, 15) is 19.8 Å². The second kappa shape index (κ2) is 43.2. The predicted octanol–water partition coefficient (Wildman–Crippen LogP) is 18.9. The largest absolute Gasteiger partial charge is 0.480 e. The molecule has 12 aromatic carbocycles. The molecule has 0 amide bonds. The molecule has 0 fully saturated rings. The van der Waals surface area contributed by atoms with Gasteiger partial charge in [-0.15, -0.1) is 0 Å². The van der Waals surface area contributed by atoms with Crippen LogP contribution in [0.3, 0.4) is 0 Å². The minimum atomic E-state index is -1.06. The van der Waals surface area contributed by atoms with Crippen molar-refractivity contribution in [3.63, 3.8) is 0 Å². The molecule has 532 valence electrons. The molecule has 0 aliphatic heterocycles. The first-order valence-electron chi connectivity index (χ1n) is 35.5. The van der Waals surface area contributed by atoms with Gasteiger partial charge in [-0.1, -0.05) is 362 Å². The third-order valence-corrected chi connectivity index (χ3v) is 18.0. The van der Waals surface area contributed by atoms with Gasteiger partial charge in [0.05, 0.1) is 26.3 Å². The van der Waals surface area contributed by atoms with E-state index in [0.29, 0.717) is 19.6 Å². The zero-order valence-corrected chi connectivity index (χ0v) is 60.7. The number of aliphatic hydroxyl groups is 4. The van der Waals surface area contributed by atoms with E-state index in [4.69, 9.17) is 20.4 Å². The van der Waals surface area contributed by atoms with Crippen LogP contribution < -0.4 is 0 Å². The number of rotatable bonds is 29. The maximum absolute atomic E-state index is 11.2. The van der Waals surface area contributed by atoms with Crippen molar-refractivity contribution in [2.45, 2.75) is 37.7 Å². The molecule has 0 heterocycles. The number of aliphatic hydroxyl groups excluding tert-OH is 4. The maximum atomic E-state index is 11.2. The van der Waals surface area contributed by atoms with E-state index < -0.39 is 11.9 Å². The van der Waals surface area contributed by atoms with Gasteiger partial charge in [0.25, 0.3) is 0 Å². The lowest BCUT2D eigenvalue weighted by Crippen LogP contribution is -2.33. The Balaban J connectivity index is 0.000000175. The van der Waals surface area contributed by atoms with Crippen LogP contribution in [0.2, 0.25) is 0 Å². The van der Waals surface area contributed by atoms with E-state index >= 15 is 0 Å². The van der Waals surface area contributed by atoms with Crippen LogP contribution in [0.25, 0.3) is 33.4 Å². The zero-order valence-electron chi connectivity index (χ0n) is 59.1. The van der Waals surface area contributed by atoms with Crippen LogP contribution in [0, 0.1) is 0 Å². The highest BCUT2D eigenvalue weighted by Crippen LogP contribution is 2.40. The Bertz CT molecular complexity index is 4440. The molecule has 12 aromatic rings. The molecule has 6 N–H and O–H groups in total. The summed E-state index contributed by atoms with van der Waals surface area (Å²) < 4.78 is 0. The number of benzene rings is 12. The lowest BCUT2D eigenvalue weighted by Gasteiger charge is -2.21. The van der Waals surface area contributed by atoms with E-state index in [2.05, 4.69) is 270 Å². The number of aliphatic carboxylic acids is 2. The first-order valence-corrected chi connectivity index (χ1v) is 36.6. The third-order valence-electron chi connectivity index (χ3n) is 17.4. The summed E-state index contributed by atoms with van der Waals surface area (Å²) in [5.74, 6) is -2.12. The number of carboxylic acid groups (broad SMARTS) is 2. The Morgan fingerprint density at radius 3 is 0.610 bits per heavy atom. The summed E-state index contributed by atoms with van der Waals surface area (Å²) in [7, 11) is 0. The second-order valence-electron chi connectivity index (χ2n) is 24.9. The molecule has 0 atom stereocenters. The number of halogens is 1. The standard InChI is InChI=1S/C31H27NO4.C31H31NO2.C27H21Br.C5H12O2/c33-28(34)21-32(22-29(35)36)20-23-16-18-27(19-17-23)31(26-14-8-3-9-15-26)30(24-10-4-1-5-11-24)25-12-6-2-7-13-25;33-22-20-32(21-23-34)24-25-16-18-29(19-17-25)31(28-14-8-3-9-15-28)30(26-10-4-1-5-11-26)27-12-6-2-7-13-27;28-20-21-16-18-25(19-17-21)27(24-14-8-3-9-15-24)26(22-10-4-1-5-11-22)23-12-6-2-7-13-23;6-4-2-1-3-5-7/h1-19H,20-22H2,(H,33,34)(H,35,36);1-19,33-34H,20-24H2;1-19H,20H2;6-7H,1-5H2. The Hall–Kier alpha value is -11.0. The SMILES string of the molecule is BrCc1ccc(C(=C(c2ccccc2)c2ccccc2)c2ccccc2)cc1.O=C(O)CN(CC(=O)O)Cc1ccc(C(=C(c2ccccc2)c2ccccc2)c2ccccc2)cc1.OCCCCCO.OCCN(CCO)Cc1ccc(C(=C(c2ccccc2)c2ccccc2)c2ccccc2)cc1. The molecular weight excluding hydrogens is 1360 g/mol. The molecule has 10 nitrogen and oxygen atoms in total. The van der Waals surface area contributed by atoms with Gasteiger partial charge in [0.2, 0.25) is 0 Å². The molecule has 0 aliphatic rings. The lowest BCUT2D eigenvalue weighted by atomic mass is 9.85. The molecule has 105 heavy (non-hydrogen) atoms. The van der Waals surface area contributed by atoms with Crippen molar-refractivity contribution in [2.75, 3.05) is 52.6 Å². The fourth-order valence-corrected chi connectivity index (χ4v) is 12.9. The monoisotopic (exact) mass is 1450 g/mol. The second-order valence-corrected chi connectivity index (χ2v) is 25.5. The van der Waals surface area contributed by atoms with E-state index in [-0.39, 0.29) is 46.1 Å². The number of hydrogen-bond acceptors (Lipinski definition) is 8. The van der Waals surface area contributed by atoms with Crippen LogP contribution in [-0.4, -0.2) is 105 Å². The van der Waals surface area contributed by atoms with Crippen molar-refractivity contribution < 1.29 is 40.2 Å². The normalized spacial score (nSPS) is 10.6. The van der Waals surface area contributed by atoms with Crippen molar-refractivity contribution in [1.29, 1.82) is 0 Å². The van der Waals surface area contributed by atoms with Crippen LogP contribution in [0.4, 0.5) is 0 Å². The number of carbonyl (C=O) groups is 2. The average Bonchev–Trinajstić information content (AvgIpc) is 0.799. The van der Waals surface area contributed by atoms with Gasteiger partial charge in [-0.3, -0.25) is 19.4 Å². The molecule has 0 saturated carbocycles. The van der Waals surface area contributed by atoms with Gasteiger partial charge in [-0.2, -0.15) is 0 Å². The molecule has 12 rings (SSSR count). The molecular formula is C94H91BrN2O8. The van der Waals surface area contributed by atoms with Crippen LogP contribution >= 0.6 is 15.9 Å². The number of hydrogen-bond donors (Lipinski definition) is 6. The maximum Gasteiger partial charge on any atom is 0.317 e. The fourth-order valence-electron chi connectivity index (χ4n) is 12.5. The van der Waals surface area contributed by atoms with Crippen molar-refractivity contribution in [3.05, 3.63) is 429 Å². The number of alkyl halides is 1. The van der Waals surface area contributed by atoms with Gasteiger partial charge < -0.3 is 30.6 Å².